The van der Waals surface area contributed by atoms with Crippen LogP contribution in [0, 0.1) is 11.8 Å². The molecule has 1 aromatic heterocycles. The molecule has 1 heterocycles. The molecule has 3 heteroatoms. The molecule has 0 aliphatic rings. The molecule has 0 aliphatic carbocycles. The van der Waals surface area contributed by atoms with Crippen molar-refractivity contribution in [2.75, 3.05) is 0 Å². The molecular formula is C17H19F2N. The van der Waals surface area contributed by atoms with Gasteiger partial charge in [-0.05, 0) is 30.0 Å². The first-order valence-corrected chi connectivity index (χ1v) is 7.11. The predicted octanol–water partition coefficient (Wildman–Crippen LogP) is 5.15. The average molecular weight is 275 g/mol. The molecule has 0 aliphatic heterocycles. The minimum atomic E-state index is -1.05. The number of halogens is 2. The Hall–Kier alpha value is -1.77. The number of aromatic nitrogens is 1. The van der Waals surface area contributed by atoms with Crippen LogP contribution in [-0.2, 0) is 6.42 Å². The van der Waals surface area contributed by atoms with E-state index in [0.717, 1.165) is 12.0 Å². The summed E-state index contributed by atoms with van der Waals surface area (Å²) in [6, 6.07) is 9.14. The smallest absolute Gasteiger partial charge is 0.225 e. The van der Waals surface area contributed by atoms with Gasteiger partial charge in [-0.2, -0.15) is 4.39 Å². The van der Waals surface area contributed by atoms with Crippen molar-refractivity contribution in [1.82, 2.24) is 4.98 Å². The molecule has 20 heavy (non-hydrogen) atoms. The molecule has 0 radical (unpaired) electrons. The summed E-state index contributed by atoms with van der Waals surface area (Å²) in [5, 5.41) is 0. The summed E-state index contributed by atoms with van der Waals surface area (Å²) < 4.78 is 25.9. The number of benzene rings is 1. The van der Waals surface area contributed by atoms with E-state index in [1.54, 1.807) is 0 Å². The number of hydrogen-bond acceptors (Lipinski definition) is 1. The zero-order chi connectivity index (χ0) is 14.4. The third-order valence-corrected chi connectivity index (χ3v) is 3.40. The van der Waals surface area contributed by atoms with Gasteiger partial charge in [0, 0.05) is 11.8 Å². The highest BCUT2D eigenvalue weighted by molar-refractivity contribution is 5.62. The van der Waals surface area contributed by atoms with Gasteiger partial charge in [0.25, 0.3) is 0 Å². The van der Waals surface area contributed by atoms with Crippen molar-refractivity contribution < 1.29 is 8.78 Å². The summed E-state index contributed by atoms with van der Waals surface area (Å²) in [6.45, 7) is 2.20. The minimum absolute atomic E-state index is 0.599. The summed E-state index contributed by atoms with van der Waals surface area (Å²) in [5.74, 6) is -1.97. The number of unbranched alkanes of at least 4 members (excludes halogenated alkanes) is 3. The maximum absolute atomic E-state index is 13.1. The van der Waals surface area contributed by atoms with E-state index < -0.39 is 11.8 Å². The largest absolute Gasteiger partial charge is 0.248 e. The Balaban J connectivity index is 2.02. The van der Waals surface area contributed by atoms with Crippen molar-refractivity contribution in [1.29, 1.82) is 0 Å². The van der Waals surface area contributed by atoms with Crippen molar-refractivity contribution in [3.05, 3.63) is 53.9 Å². The van der Waals surface area contributed by atoms with Gasteiger partial charge < -0.3 is 0 Å². The second-order valence-electron chi connectivity index (χ2n) is 5.00. The van der Waals surface area contributed by atoms with Crippen LogP contribution in [-0.4, -0.2) is 4.98 Å². The summed E-state index contributed by atoms with van der Waals surface area (Å²) in [4.78, 5) is 3.41. The summed E-state index contributed by atoms with van der Waals surface area (Å²) >= 11 is 0. The van der Waals surface area contributed by atoms with Gasteiger partial charge in [-0.3, -0.25) is 0 Å². The molecular weight excluding hydrogens is 256 g/mol. The van der Waals surface area contributed by atoms with Crippen LogP contribution >= 0.6 is 0 Å². The molecule has 0 bridgehead atoms. The molecule has 0 spiro atoms. The van der Waals surface area contributed by atoms with E-state index in [4.69, 9.17) is 0 Å². The van der Waals surface area contributed by atoms with Crippen LogP contribution in [0.5, 0.6) is 0 Å². The van der Waals surface area contributed by atoms with Crippen LogP contribution in [0.2, 0.25) is 0 Å². The molecule has 2 rings (SSSR count). The highest BCUT2D eigenvalue weighted by Gasteiger charge is 2.05. The van der Waals surface area contributed by atoms with Gasteiger partial charge in [-0.15, -0.1) is 0 Å². The number of hydrogen-bond donors (Lipinski definition) is 0. The lowest BCUT2D eigenvalue weighted by molar-refractivity contribution is 0.480. The molecule has 0 amide bonds. The molecule has 2 aromatic rings. The van der Waals surface area contributed by atoms with Gasteiger partial charge in [0.1, 0.15) is 0 Å². The van der Waals surface area contributed by atoms with E-state index in [2.05, 4.69) is 11.9 Å². The maximum Gasteiger partial charge on any atom is 0.248 e. The van der Waals surface area contributed by atoms with Gasteiger partial charge in [0.05, 0.1) is 0 Å². The van der Waals surface area contributed by atoms with E-state index in [0.29, 0.717) is 5.56 Å². The Kier molecular flexibility index (Phi) is 5.22. The third kappa shape index (κ3) is 3.86. The Labute approximate surface area is 118 Å². The van der Waals surface area contributed by atoms with E-state index in [9.17, 15) is 8.78 Å². The van der Waals surface area contributed by atoms with Crippen molar-refractivity contribution in [2.45, 2.75) is 39.0 Å². The molecule has 1 aromatic carbocycles. The minimum Gasteiger partial charge on any atom is -0.225 e. The normalized spacial score (nSPS) is 10.8. The van der Waals surface area contributed by atoms with Crippen molar-refractivity contribution in [3.8, 4) is 11.1 Å². The Morgan fingerprint density at radius 1 is 0.950 bits per heavy atom. The standard InChI is InChI=1S/C17H19F2N/c1-2-3-4-5-6-13-7-9-14(10-8-13)15-11-16(18)17(19)20-12-15/h7-12H,2-6H2,1H3. The highest BCUT2D eigenvalue weighted by atomic mass is 19.2. The van der Waals surface area contributed by atoms with E-state index >= 15 is 0 Å². The number of aryl methyl sites for hydroxylation is 1. The van der Waals surface area contributed by atoms with Gasteiger partial charge in [0.2, 0.25) is 5.95 Å². The molecule has 0 saturated carbocycles. The van der Waals surface area contributed by atoms with Crippen LogP contribution in [0.3, 0.4) is 0 Å². The molecule has 0 unspecified atom stereocenters. The second kappa shape index (κ2) is 7.13. The Bertz CT molecular complexity index is 549. The fourth-order valence-corrected chi connectivity index (χ4v) is 2.20. The Morgan fingerprint density at radius 2 is 1.70 bits per heavy atom. The van der Waals surface area contributed by atoms with Crippen LogP contribution in [0.25, 0.3) is 11.1 Å². The van der Waals surface area contributed by atoms with E-state index in [-0.39, 0.29) is 0 Å². The first-order valence-electron chi connectivity index (χ1n) is 7.11. The van der Waals surface area contributed by atoms with Crippen LogP contribution in [0.15, 0.2) is 36.5 Å². The molecule has 1 nitrogen and oxygen atoms in total. The number of pyridine rings is 1. The van der Waals surface area contributed by atoms with Gasteiger partial charge >= 0.3 is 0 Å². The molecule has 106 valence electrons. The lowest BCUT2D eigenvalue weighted by Crippen LogP contribution is -1.91. The SMILES string of the molecule is CCCCCCc1ccc(-c2cnc(F)c(F)c2)cc1. The summed E-state index contributed by atoms with van der Waals surface area (Å²) in [5.41, 5.74) is 2.73. The van der Waals surface area contributed by atoms with E-state index in [1.165, 1.54) is 43.5 Å². The summed E-state index contributed by atoms with van der Waals surface area (Å²) in [7, 11) is 0. The first-order chi connectivity index (χ1) is 9.70. The second-order valence-corrected chi connectivity index (χ2v) is 5.00. The number of rotatable bonds is 6. The molecule has 0 atom stereocenters. The summed E-state index contributed by atoms with van der Waals surface area (Å²) in [6.07, 6.45) is 7.39. The van der Waals surface area contributed by atoms with Crippen LogP contribution in [0.1, 0.15) is 38.2 Å². The Morgan fingerprint density at radius 3 is 2.35 bits per heavy atom. The fraction of sp³-hybridized carbons (Fsp3) is 0.353. The zero-order valence-electron chi connectivity index (χ0n) is 11.7. The monoisotopic (exact) mass is 275 g/mol. The van der Waals surface area contributed by atoms with E-state index in [1.807, 2.05) is 24.3 Å². The zero-order valence-corrected chi connectivity index (χ0v) is 11.7. The topological polar surface area (TPSA) is 12.9 Å². The van der Waals surface area contributed by atoms with Gasteiger partial charge in [-0.1, -0.05) is 50.5 Å². The maximum atomic E-state index is 13.1. The lowest BCUT2D eigenvalue weighted by atomic mass is 10.0. The highest BCUT2D eigenvalue weighted by Crippen LogP contribution is 2.21. The van der Waals surface area contributed by atoms with Gasteiger partial charge in [0.15, 0.2) is 5.82 Å². The predicted molar refractivity (Wildman–Crippen MR) is 77.4 cm³/mol. The van der Waals surface area contributed by atoms with Crippen LogP contribution in [0.4, 0.5) is 8.78 Å². The molecule has 0 fully saturated rings. The average Bonchev–Trinajstić information content (AvgIpc) is 2.47. The van der Waals surface area contributed by atoms with Crippen molar-refractivity contribution >= 4 is 0 Å². The van der Waals surface area contributed by atoms with Crippen LogP contribution < -0.4 is 0 Å². The fourth-order valence-electron chi connectivity index (χ4n) is 2.20. The van der Waals surface area contributed by atoms with Crippen molar-refractivity contribution in [2.24, 2.45) is 0 Å². The third-order valence-electron chi connectivity index (χ3n) is 3.40. The molecule has 0 N–H and O–H groups in total. The first kappa shape index (κ1) is 14.6. The van der Waals surface area contributed by atoms with Crippen molar-refractivity contribution in [3.63, 3.8) is 0 Å². The lowest BCUT2D eigenvalue weighted by Gasteiger charge is -2.05. The number of nitrogens with zero attached hydrogens (tertiary/aromatic N) is 1. The van der Waals surface area contributed by atoms with Gasteiger partial charge in [-0.25, -0.2) is 9.37 Å². The molecule has 0 saturated heterocycles. The quantitative estimate of drug-likeness (QED) is 0.525.